The van der Waals surface area contributed by atoms with Crippen LogP contribution < -0.4 is 5.32 Å². The standard InChI is InChI=1S/C20H22N2O2/c23-20(22-16-8-10-24-11-9-16)19-7-6-15(13-21-19)18-12-17(18)14-4-2-1-3-5-14/h1-7,13,16-18H,8-12H2,(H,22,23)/t17-,18-/m0/s1. The SMILES string of the molecule is O=C(NC1CCOCC1)c1ccc([C@@H]2C[C@H]2c2ccccc2)cn1. The molecule has 1 amide bonds. The van der Waals surface area contributed by atoms with Crippen LogP contribution in [0.2, 0.25) is 0 Å². The molecule has 24 heavy (non-hydrogen) atoms. The first-order chi connectivity index (χ1) is 11.8. The zero-order valence-electron chi connectivity index (χ0n) is 13.7. The summed E-state index contributed by atoms with van der Waals surface area (Å²) in [5, 5.41) is 3.05. The maximum atomic E-state index is 12.3. The number of pyridine rings is 1. The van der Waals surface area contributed by atoms with Gasteiger partial charge in [-0.2, -0.15) is 0 Å². The van der Waals surface area contributed by atoms with E-state index in [2.05, 4.69) is 40.6 Å². The third-order valence-corrected chi connectivity index (χ3v) is 5.02. The normalized spacial score (nSPS) is 23.7. The summed E-state index contributed by atoms with van der Waals surface area (Å²) in [7, 11) is 0. The molecule has 124 valence electrons. The van der Waals surface area contributed by atoms with Gasteiger partial charge in [0.05, 0.1) is 0 Å². The molecule has 0 unspecified atom stereocenters. The third-order valence-electron chi connectivity index (χ3n) is 5.02. The van der Waals surface area contributed by atoms with Crippen LogP contribution in [0.25, 0.3) is 0 Å². The van der Waals surface area contributed by atoms with E-state index in [9.17, 15) is 4.79 Å². The highest BCUT2D eigenvalue weighted by Crippen LogP contribution is 2.54. The molecule has 4 rings (SSSR count). The lowest BCUT2D eigenvalue weighted by atomic mass is 10.1. The smallest absolute Gasteiger partial charge is 0.270 e. The Bertz CT molecular complexity index is 693. The highest BCUT2D eigenvalue weighted by atomic mass is 16.5. The van der Waals surface area contributed by atoms with E-state index in [0.717, 1.165) is 26.1 Å². The molecule has 2 heterocycles. The molecule has 0 spiro atoms. The zero-order valence-corrected chi connectivity index (χ0v) is 13.7. The molecule has 2 fully saturated rings. The Balaban J connectivity index is 1.37. The summed E-state index contributed by atoms with van der Waals surface area (Å²) >= 11 is 0. The lowest BCUT2D eigenvalue weighted by molar-refractivity contribution is 0.0694. The fraction of sp³-hybridized carbons (Fsp3) is 0.400. The molecule has 0 radical (unpaired) electrons. The summed E-state index contributed by atoms with van der Waals surface area (Å²) in [6.07, 6.45) is 4.79. The summed E-state index contributed by atoms with van der Waals surface area (Å²) in [4.78, 5) is 16.7. The fourth-order valence-electron chi connectivity index (χ4n) is 3.49. The minimum Gasteiger partial charge on any atom is -0.381 e. The van der Waals surface area contributed by atoms with Crippen LogP contribution in [0.3, 0.4) is 0 Å². The number of benzene rings is 1. The molecule has 2 aromatic rings. The molecular weight excluding hydrogens is 300 g/mol. The molecule has 1 aromatic carbocycles. The van der Waals surface area contributed by atoms with Crippen LogP contribution >= 0.6 is 0 Å². The van der Waals surface area contributed by atoms with Crippen molar-refractivity contribution >= 4 is 5.91 Å². The summed E-state index contributed by atoms with van der Waals surface area (Å²) < 4.78 is 5.32. The second-order valence-corrected chi connectivity index (χ2v) is 6.70. The topological polar surface area (TPSA) is 51.2 Å². The van der Waals surface area contributed by atoms with E-state index < -0.39 is 0 Å². The Morgan fingerprint density at radius 3 is 2.46 bits per heavy atom. The number of hydrogen-bond acceptors (Lipinski definition) is 3. The summed E-state index contributed by atoms with van der Waals surface area (Å²) in [5.41, 5.74) is 3.12. The molecule has 1 aliphatic heterocycles. The lowest BCUT2D eigenvalue weighted by Crippen LogP contribution is -2.39. The van der Waals surface area contributed by atoms with Gasteiger partial charge >= 0.3 is 0 Å². The molecule has 1 aliphatic carbocycles. The van der Waals surface area contributed by atoms with Gasteiger partial charge in [0.15, 0.2) is 0 Å². The number of nitrogens with one attached hydrogen (secondary N) is 1. The highest BCUT2D eigenvalue weighted by Gasteiger charge is 2.39. The number of carbonyl (C=O) groups is 1. The van der Waals surface area contributed by atoms with Crippen molar-refractivity contribution in [3.8, 4) is 0 Å². The van der Waals surface area contributed by atoms with Gasteiger partial charge < -0.3 is 10.1 Å². The molecule has 2 atom stereocenters. The van der Waals surface area contributed by atoms with Gasteiger partial charge in [-0.25, -0.2) is 0 Å². The Morgan fingerprint density at radius 1 is 1.00 bits per heavy atom. The number of aromatic nitrogens is 1. The maximum Gasteiger partial charge on any atom is 0.270 e. The quantitative estimate of drug-likeness (QED) is 0.940. The van der Waals surface area contributed by atoms with E-state index in [1.807, 2.05) is 18.3 Å². The van der Waals surface area contributed by atoms with Crippen molar-refractivity contribution < 1.29 is 9.53 Å². The van der Waals surface area contributed by atoms with Crippen LogP contribution in [0, 0.1) is 0 Å². The van der Waals surface area contributed by atoms with Gasteiger partial charge in [0, 0.05) is 25.5 Å². The van der Waals surface area contributed by atoms with Crippen LogP contribution in [0.1, 0.15) is 52.7 Å². The Kier molecular flexibility index (Phi) is 4.30. The number of ether oxygens (including phenoxy) is 1. The minimum atomic E-state index is -0.0798. The van der Waals surface area contributed by atoms with Crippen LogP contribution in [0.4, 0.5) is 0 Å². The summed E-state index contributed by atoms with van der Waals surface area (Å²) in [5.74, 6) is 1.05. The summed E-state index contributed by atoms with van der Waals surface area (Å²) in [6.45, 7) is 1.44. The molecule has 1 saturated heterocycles. The van der Waals surface area contributed by atoms with Crippen molar-refractivity contribution in [2.75, 3.05) is 13.2 Å². The molecule has 1 N–H and O–H groups in total. The Hall–Kier alpha value is -2.20. The number of amides is 1. The molecular formula is C20H22N2O2. The Morgan fingerprint density at radius 2 is 1.75 bits per heavy atom. The molecule has 2 aliphatic rings. The van der Waals surface area contributed by atoms with E-state index in [0.29, 0.717) is 17.5 Å². The predicted octanol–water partition coefficient (Wildman–Crippen LogP) is 3.26. The predicted molar refractivity (Wildman–Crippen MR) is 92.1 cm³/mol. The van der Waals surface area contributed by atoms with Crippen molar-refractivity contribution in [1.29, 1.82) is 0 Å². The monoisotopic (exact) mass is 322 g/mol. The number of nitrogens with zero attached hydrogens (tertiary/aromatic N) is 1. The molecule has 0 bridgehead atoms. The van der Waals surface area contributed by atoms with Crippen LogP contribution in [-0.4, -0.2) is 30.1 Å². The van der Waals surface area contributed by atoms with Gasteiger partial charge in [-0.3, -0.25) is 9.78 Å². The van der Waals surface area contributed by atoms with Gasteiger partial charge in [0.1, 0.15) is 5.69 Å². The molecule has 1 saturated carbocycles. The largest absolute Gasteiger partial charge is 0.381 e. The van der Waals surface area contributed by atoms with Crippen molar-refractivity contribution in [2.45, 2.75) is 37.1 Å². The number of rotatable bonds is 4. The lowest BCUT2D eigenvalue weighted by Gasteiger charge is -2.22. The molecule has 1 aromatic heterocycles. The second-order valence-electron chi connectivity index (χ2n) is 6.70. The van der Waals surface area contributed by atoms with E-state index >= 15 is 0 Å². The number of hydrogen-bond donors (Lipinski definition) is 1. The fourth-order valence-corrected chi connectivity index (χ4v) is 3.49. The van der Waals surface area contributed by atoms with Crippen LogP contribution in [0.15, 0.2) is 48.7 Å². The van der Waals surface area contributed by atoms with Crippen molar-refractivity contribution in [3.05, 3.63) is 65.5 Å². The van der Waals surface area contributed by atoms with Crippen molar-refractivity contribution in [3.63, 3.8) is 0 Å². The first kappa shape index (κ1) is 15.3. The third kappa shape index (κ3) is 3.34. The van der Waals surface area contributed by atoms with E-state index in [1.54, 1.807) is 0 Å². The van der Waals surface area contributed by atoms with Gasteiger partial charge in [0.2, 0.25) is 0 Å². The van der Waals surface area contributed by atoms with Gasteiger partial charge in [-0.05, 0) is 48.3 Å². The average molecular weight is 322 g/mol. The average Bonchev–Trinajstić information content (AvgIpc) is 3.44. The second kappa shape index (κ2) is 6.73. The molecule has 4 heteroatoms. The zero-order chi connectivity index (χ0) is 16.4. The Labute approximate surface area is 142 Å². The maximum absolute atomic E-state index is 12.3. The minimum absolute atomic E-state index is 0.0798. The van der Waals surface area contributed by atoms with Gasteiger partial charge in [-0.15, -0.1) is 0 Å². The number of carbonyl (C=O) groups excluding carboxylic acids is 1. The van der Waals surface area contributed by atoms with Crippen molar-refractivity contribution in [1.82, 2.24) is 10.3 Å². The summed E-state index contributed by atoms with van der Waals surface area (Å²) in [6, 6.07) is 14.7. The first-order valence-corrected chi connectivity index (χ1v) is 8.71. The van der Waals surface area contributed by atoms with Crippen LogP contribution in [0.5, 0.6) is 0 Å². The van der Waals surface area contributed by atoms with E-state index in [1.165, 1.54) is 17.5 Å². The van der Waals surface area contributed by atoms with Gasteiger partial charge in [0.25, 0.3) is 5.91 Å². The van der Waals surface area contributed by atoms with E-state index in [4.69, 9.17) is 4.74 Å². The van der Waals surface area contributed by atoms with Gasteiger partial charge in [-0.1, -0.05) is 36.4 Å². The van der Waals surface area contributed by atoms with Crippen molar-refractivity contribution in [2.24, 2.45) is 0 Å². The molecule has 4 nitrogen and oxygen atoms in total. The highest BCUT2D eigenvalue weighted by molar-refractivity contribution is 5.92. The first-order valence-electron chi connectivity index (χ1n) is 8.71. The van der Waals surface area contributed by atoms with Crippen LogP contribution in [-0.2, 0) is 4.74 Å². The van der Waals surface area contributed by atoms with E-state index in [-0.39, 0.29) is 11.9 Å².